The van der Waals surface area contributed by atoms with Crippen LogP contribution in [0.2, 0.25) is 0 Å². The van der Waals surface area contributed by atoms with Crippen LogP contribution in [0.15, 0.2) is 18.3 Å². The monoisotopic (exact) mass is 402 g/mol. The van der Waals surface area contributed by atoms with Crippen molar-refractivity contribution in [2.45, 2.75) is 64.0 Å². The third kappa shape index (κ3) is 6.25. The molecule has 1 unspecified atom stereocenters. The SMILES string of the molecule is CC(C)(C)OC(=O)CN1CCC(c2ccc(NC3CCC(=O)NC3=O)nc2)CC1. The minimum Gasteiger partial charge on any atom is -0.459 e. The standard InChI is InChI=1S/C21H30N4O4/c1-21(2,3)29-19(27)13-25-10-8-14(9-11-25)15-4-6-17(22-12-15)23-16-5-7-18(26)24-20(16)28/h4,6,12,14,16H,5,7-11,13H2,1-3H3,(H,22,23)(H,24,26,28). The Morgan fingerprint density at radius 3 is 2.55 bits per heavy atom. The Balaban J connectivity index is 1.47. The van der Waals surface area contributed by atoms with Gasteiger partial charge in [0.1, 0.15) is 17.5 Å². The zero-order chi connectivity index (χ0) is 21.0. The first-order chi connectivity index (χ1) is 13.7. The van der Waals surface area contributed by atoms with Gasteiger partial charge in [-0.1, -0.05) is 6.07 Å². The van der Waals surface area contributed by atoms with Crippen LogP contribution in [0.1, 0.15) is 57.9 Å². The van der Waals surface area contributed by atoms with E-state index in [1.807, 2.05) is 39.1 Å². The van der Waals surface area contributed by atoms with Gasteiger partial charge in [-0.15, -0.1) is 0 Å². The van der Waals surface area contributed by atoms with Gasteiger partial charge in [-0.05, 0) is 70.7 Å². The van der Waals surface area contributed by atoms with Crippen molar-refractivity contribution >= 4 is 23.6 Å². The second-order valence-corrected chi connectivity index (χ2v) is 8.76. The summed E-state index contributed by atoms with van der Waals surface area (Å²) in [7, 11) is 0. The summed E-state index contributed by atoms with van der Waals surface area (Å²) < 4.78 is 5.40. The average molecular weight is 402 g/mol. The summed E-state index contributed by atoms with van der Waals surface area (Å²) in [5, 5.41) is 5.43. The zero-order valence-corrected chi connectivity index (χ0v) is 17.4. The van der Waals surface area contributed by atoms with E-state index in [1.54, 1.807) is 0 Å². The van der Waals surface area contributed by atoms with E-state index in [2.05, 4.69) is 20.5 Å². The first-order valence-electron chi connectivity index (χ1n) is 10.2. The fraction of sp³-hybridized carbons (Fsp3) is 0.619. The number of aromatic nitrogens is 1. The number of hydrogen-bond acceptors (Lipinski definition) is 7. The maximum atomic E-state index is 12.0. The second kappa shape index (κ2) is 8.90. The number of likely N-dealkylation sites (tertiary alicyclic amines) is 1. The number of esters is 1. The van der Waals surface area contributed by atoms with Gasteiger partial charge in [-0.2, -0.15) is 0 Å². The molecule has 0 aromatic carbocycles. The minimum absolute atomic E-state index is 0.179. The number of carbonyl (C=O) groups is 3. The topological polar surface area (TPSA) is 101 Å². The van der Waals surface area contributed by atoms with E-state index in [9.17, 15) is 14.4 Å². The summed E-state index contributed by atoms with van der Waals surface area (Å²) in [5.41, 5.74) is 0.709. The van der Waals surface area contributed by atoms with Crippen LogP contribution in [0.3, 0.4) is 0 Å². The Morgan fingerprint density at radius 2 is 1.97 bits per heavy atom. The maximum Gasteiger partial charge on any atom is 0.320 e. The molecule has 3 heterocycles. The van der Waals surface area contributed by atoms with E-state index in [0.29, 0.717) is 31.1 Å². The fourth-order valence-corrected chi connectivity index (χ4v) is 3.72. The van der Waals surface area contributed by atoms with Crippen LogP contribution in [-0.2, 0) is 19.1 Å². The lowest BCUT2D eigenvalue weighted by atomic mass is 9.90. The Bertz CT molecular complexity index is 749. The molecule has 1 atom stereocenters. The van der Waals surface area contributed by atoms with Gasteiger partial charge in [-0.3, -0.25) is 24.6 Å². The molecule has 1 aromatic heterocycles. The highest BCUT2D eigenvalue weighted by molar-refractivity contribution is 6.01. The Hall–Kier alpha value is -2.48. The zero-order valence-electron chi connectivity index (χ0n) is 17.4. The first kappa shape index (κ1) is 21.2. The molecule has 158 valence electrons. The van der Waals surface area contributed by atoms with Gasteiger partial charge in [0.05, 0.1) is 6.54 Å². The Morgan fingerprint density at radius 1 is 1.24 bits per heavy atom. The predicted molar refractivity (Wildman–Crippen MR) is 108 cm³/mol. The molecule has 8 heteroatoms. The molecule has 2 aliphatic heterocycles. The van der Waals surface area contributed by atoms with Gasteiger partial charge < -0.3 is 10.1 Å². The lowest BCUT2D eigenvalue weighted by molar-refractivity contribution is -0.156. The molecule has 0 bridgehead atoms. The molecule has 2 saturated heterocycles. The summed E-state index contributed by atoms with van der Waals surface area (Å²) in [5.74, 6) is 0.327. The van der Waals surface area contributed by atoms with Crippen molar-refractivity contribution in [1.82, 2.24) is 15.2 Å². The molecule has 2 fully saturated rings. The van der Waals surface area contributed by atoms with Crippen molar-refractivity contribution in [2.24, 2.45) is 0 Å². The molecule has 0 spiro atoms. The number of nitrogens with zero attached hydrogens (tertiary/aromatic N) is 2. The van der Waals surface area contributed by atoms with Gasteiger partial charge in [0.25, 0.3) is 0 Å². The molecule has 0 aliphatic carbocycles. The molecule has 8 nitrogen and oxygen atoms in total. The number of ether oxygens (including phenoxy) is 1. The molecule has 2 amide bonds. The largest absolute Gasteiger partial charge is 0.459 e. The summed E-state index contributed by atoms with van der Waals surface area (Å²) in [6.45, 7) is 7.66. The van der Waals surface area contributed by atoms with Crippen molar-refractivity contribution in [3.8, 4) is 0 Å². The van der Waals surface area contributed by atoms with Gasteiger partial charge in [0.2, 0.25) is 11.8 Å². The number of rotatable bonds is 5. The third-order valence-corrected chi connectivity index (χ3v) is 5.18. The summed E-state index contributed by atoms with van der Waals surface area (Å²) in [6, 6.07) is 3.49. The fourth-order valence-electron chi connectivity index (χ4n) is 3.72. The summed E-state index contributed by atoms with van der Waals surface area (Å²) in [4.78, 5) is 41.7. The third-order valence-electron chi connectivity index (χ3n) is 5.18. The second-order valence-electron chi connectivity index (χ2n) is 8.76. The minimum atomic E-state index is -0.454. The molecule has 2 aliphatic rings. The van der Waals surface area contributed by atoms with E-state index >= 15 is 0 Å². The van der Waals surface area contributed by atoms with Crippen LogP contribution in [-0.4, -0.2) is 58.9 Å². The van der Waals surface area contributed by atoms with Crippen LogP contribution in [0.25, 0.3) is 0 Å². The van der Waals surface area contributed by atoms with Gasteiger partial charge in [-0.25, -0.2) is 4.98 Å². The van der Waals surface area contributed by atoms with Crippen molar-refractivity contribution in [3.05, 3.63) is 23.9 Å². The van der Waals surface area contributed by atoms with Gasteiger partial charge in [0, 0.05) is 12.6 Å². The highest BCUT2D eigenvalue weighted by Crippen LogP contribution is 2.28. The van der Waals surface area contributed by atoms with Crippen molar-refractivity contribution in [3.63, 3.8) is 0 Å². The lowest BCUT2D eigenvalue weighted by Gasteiger charge is -2.32. The number of amides is 2. The quantitative estimate of drug-likeness (QED) is 0.572. The van der Waals surface area contributed by atoms with E-state index in [4.69, 9.17) is 4.74 Å². The van der Waals surface area contributed by atoms with Crippen molar-refractivity contribution in [1.29, 1.82) is 0 Å². The highest BCUT2D eigenvalue weighted by Gasteiger charge is 2.27. The summed E-state index contributed by atoms with van der Waals surface area (Å²) in [6.07, 6.45) is 4.59. The van der Waals surface area contributed by atoms with Gasteiger partial charge in [0.15, 0.2) is 0 Å². The predicted octanol–water partition coefficient (Wildman–Crippen LogP) is 1.82. The number of nitrogens with one attached hydrogen (secondary N) is 2. The maximum absolute atomic E-state index is 12.0. The molecular weight excluding hydrogens is 372 g/mol. The van der Waals surface area contributed by atoms with E-state index in [0.717, 1.165) is 31.5 Å². The lowest BCUT2D eigenvalue weighted by Crippen LogP contribution is -2.47. The van der Waals surface area contributed by atoms with Crippen LogP contribution in [0.4, 0.5) is 5.82 Å². The van der Waals surface area contributed by atoms with E-state index in [1.165, 1.54) is 0 Å². The normalized spacial score (nSPS) is 21.6. The van der Waals surface area contributed by atoms with Crippen LogP contribution in [0, 0.1) is 0 Å². The number of pyridine rings is 1. The molecule has 2 N–H and O–H groups in total. The first-order valence-corrected chi connectivity index (χ1v) is 10.2. The highest BCUT2D eigenvalue weighted by atomic mass is 16.6. The number of carbonyl (C=O) groups excluding carboxylic acids is 3. The molecule has 0 radical (unpaired) electrons. The average Bonchev–Trinajstić information content (AvgIpc) is 2.64. The Kier molecular flexibility index (Phi) is 6.52. The number of imide groups is 1. The number of hydrogen-bond donors (Lipinski definition) is 2. The number of anilines is 1. The van der Waals surface area contributed by atoms with Gasteiger partial charge >= 0.3 is 5.97 Å². The summed E-state index contributed by atoms with van der Waals surface area (Å²) >= 11 is 0. The molecular formula is C21H30N4O4. The van der Waals surface area contributed by atoms with Crippen molar-refractivity contribution in [2.75, 3.05) is 25.0 Å². The van der Waals surface area contributed by atoms with Crippen LogP contribution in [0.5, 0.6) is 0 Å². The number of piperidine rings is 2. The van der Waals surface area contributed by atoms with E-state index < -0.39 is 11.6 Å². The van der Waals surface area contributed by atoms with E-state index in [-0.39, 0.29) is 17.8 Å². The Labute approximate surface area is 171 Å². The van der Waals surface area contributed by atoms with Crippen LogP contribution < -0.4 is 10.6 Å². The van der Waals surface area contributed by atoms with Crippen LogP contribution >= 0.6 is 0 Å². The molecule has 1 aromatic rings. The molecule has 0 saturated carbocycles. The molecule has 29 heavy (non-hydrogen) atoms. The smallest absolute Gasteiger partial charge is 0.320 e. The molecule has 3 rings (SSSR count). The van der Waals surface area contributed by atoms with Crippen molar-refractivity contribution < 1.29 is 19.1 Å².